The number of amides is 1. The maximum Gasteiger partial charge on any atom is 0.309 e. The first-order valence-corrected chi connectivity index (χ1v) is 4.75. The summed E-state index contributed by atoms with van der Waals surface area (Å²) in [6.45, 7) is 0.705. The van der Waals surface area contributed by atoms with Crippen LogP contribution in [0.4, 0.5) is 0 Å². The minimum Gasteiger partial charge on any atom is -0.452 e. The summed E-state index contributed by atoms with van der Waals surface area (Å²) in [6, 6.07) is 0. The molecule has 0 aromatic rings. The van der Waals surface area contributed by atoms with Gasteiger partial charge in [0, 0.05) is 6.54 Å². The van der Waals surface area contributed by atoms with E-state index in [1.54, 1.807) is 0 Å². The van der Waals surface area contributed by atoms with Crippen molar-refractivity contribution in [3.05, 3.63) is 0 Å². The molecule has 2 aliphatic rings. The van der Waals surface area contributed by atoms with Crippen molar-refractivity contribution in [3.63, 3.8) is 0 Å². The summed E-state index contributed by atoms with van der Waals surface area (Å²) in [5, 5.41) is 2.68. The van der Waals surface area contributed by atoms with E-state index in [4.69, 9.17) is 4.74 Å². The fraction of sp³-hybridized carbons (Fsp3) is 0.778. The molecule has 1 saturated carbocycles. The van der Waals surface area contributed by atoms with Crippen LogP contribution in [0, 0.1) is 5.92 Å². The lowest BCUT2D eigenvalue weighted by Crippen LogP contribution is -2.42. The Morgan fingerprint density at radius 3 is 2.77 bits per heavy atom. The molecule has 1 unspecified atom stereocenters. The molecular weight excluding hydrogens is 170 g/mol. The summed E-state index contributed by atoms with van der Waals surface area (Å²) in [6.07, 6.45) is 2.89. The van der Waals surface area contributed by atoms with Gasteiger partial charge in [-0.1, -0.05) is 0 Å². The molecule has 0 aromatic heterocycles. The first kappa shape index (κ1) is 8.53. The summed E-state index contributed by atoms with van der Waals surface area (Å²) < 4.78 is 5.08. The Balaban J connectivity index is 1.84. The van der Waals surface area contributed by atoms with E-state index < -0.39 is 6.10 Å². The molecule has 4 heteroatoms. The topological polar surface area (TPSA) is 55.4 Å². The van der Waals surface area contributed by atoms with E-state index in [2.05, 4.69) is 5.32 Å². The lowest BCUT2D eigenvalue weighted by atomic mass is 10.1. The van der Waals surface area contributed by atoms with Crippen molar-refractivity contribution in [2.45, 2.75) is 31.8 Å². The summed E-state index contributed by atoms with van der Waals surface area (Å²) in [7, 11) is 0. The van der Waals surface area contributed by atoms with Gasteiger partial charge in [-0.15, -0.1) is 0 Å². The predicted molar refractivity (Wildman–Crippen MR) is 44.8 cm³/mol. The van der Waals surface area contributed by atoms with Crippen molar-refractivity contribution in [2.24, 2.45) is 5.92 Å². The maximum atomic E-state index is 11.2. The molecule has 13 heavy (non-hydrogen) atoms. The fourth-order valence-electron chi connectivity index (χ4n) is 1.41. The van der Waals surface area contributed by atoms with Crippen LogP contribution < -0.4 is 5.32 Å². The first-order chi connectivity index (χ1) is 6.27. The normalized spacial score (nSPS) is 28.0. The summed E-state index contributed by atoms with van der Waals surface area (Å²) in [5.41, 5.74) is 0. The van der Waals surface area contributed by atoms with Crippen molar-refractivity contribution in [1.29, 1.82) is 0 Å². The number of rotatable bonds is 2. The third-order valence-corrected chi connectivity index (χ3v) is 2.40. The molecule has 1 aliphatic carbocycles. The van der Waals surface area contributed by atoms with Gasteiger partial charge in [-0.25, -0.2) is 0 Å². The molecule has 72 valence electrons. The van der Waals surface area contributed by atoms with Crippen molar-refractivity contribution in [1.82, 2.24) is 5.32 Å². The molecule has 4 nitrogen and oxygen atoms in total. The van der Waals surface area contributed by atoms with Crippen LogP contribution in [0.15, 0.2) is 0 Å². The SMILES string of the molecule is O=C(OC1CCCNC1=O)C1CC1. The molecule has 0 radical (unpaired) electrons. The first-order valence-electron chi connectivity index (χ1n) is 4.75. The summed E-state index contributed by atoms with van der Waals surface area (Å²) in [5.74, 6) is -0.253. The van der Waals surface area contributed by atoms with E-state index in [9.17, 15) is 9.59 Å². The fourth-order valence-corrected chi connectivity index (χ4v) is 1.41. The quantitative estimate of drug-likeness (QED) is 0.623. The van der Waals surface area contributed by atoms with Crippen LogP contribution >= 0.6 is 0 Å². The Labute approximate surface area is 76.6 Å². The van der Waals surface area contributed by atoms with Gasteiger partial charge in [-0.05, 0) is 25.7 Å². The summed E-state index contributed by atoms with van der Waals surface area (Å²) >= 11 is 0. The number of piperidine rings is 1. The second kappa shape index (κ2) is 3.36. The number of carbonyl (C=O) groups is 2. The van der Waals surface area contributed by atoms with Gasteiger partial charge in [-0.3, -0.25) is 9.59 Å². The highest BCUT2D eigenvalue weighted by molar-refractivity contribution is 5.85. The van der Waals surface area contributed by atoms with Gasteiger partial charge < -0.3 is 10.1 Å². The van der Waals surface area contributed by atoms with E-state index in [0.717, 1.165) is 19.3 Å². The highest BCUT2D eigenvalue weighted by Crippen LogP contribution is 2.30. The molecule has 1 atom stereocenters. The Bertz CT molecular complexity index is 235. The predicted octanol–water partition coefficient (Wildman–Crippen LogP) is 0.218. The zero-order chi connectivity index (χ0) is 9.26. The molecule has 1 heterocycles. The van der Waals surface area contributed by atoms with Crippen LogP contribution in [0.3, 0.4) is 0 Å². The van der Waals surface area contributed by atoms with Gasteiger partial charge in [0.2, 0.25) is 0 Å². The molecule has 2 rings (SSSR count). The number of hydrogen-bond donors (Lipinski definition) is 1. The van der Waals surface area contributed by atoms with Gasteiger partial charge in [-0.2, -0.15) is 0 Å². The van der Waals surface area contributed by atoms with Gasteiger partial charge in [0.25, 0.3) is 5.91 Å². The Kier molecular flexibility index (Phi) is 2.20. The van der Waals surface area contributed by atoms with Gasteiger partial charge in [0.15, 0.2) is 6.10 Å². The third kappa shape index (κ3) is 1.99. The van der Waals surface area contributed by atoms with Crippen LogP contribution in [0.5, 0.6) is 0 Å². The Morgan fingerprint density at radius 1 is 1.38 bits per heavy atom. The van der Waals surface area contributed by atoms with Crippen molar-refractivity contribution < 1.29 is 14.3 Å². The van der Waals surface area contributed by atoms with E-state index >= 15 is 0 Å². The number of carbonyl (C=O) groups excluding carboxylic acids is 2. The molecule has 1 amide bonds. The van der Waals surface area contributed by atoms with E-state index in [1.165, 1.54) is 0 Å². The monoisotopic (exact) mass is 183 g/mol. The van der Waals surface area contributed by atoms with Gasteiger partial charge in [0.1, 0.15) is 0 Å². The highest BCUT2D eigenvalue weighted by atomic mass is 16.5. The minimum absolute atomic E-state index is 0.0785. The number of ether oxygens (including phenoxy) is 1. The van der Waals surface area contributed by atoms with E-state index in [0.29, 0.717) is 13.0 Å². The maximum absolute atomic E-state index is 11.2. The number of nitrogens with one attached hydrogen (secondary N) is 1. The second-order valence-electron chi connectivity index (χ2n) is 3.63. The molecule has 0 aromatic carbocycles. The van der Waals surface area contributed by atoms with Crippen LogP contribution in [0.2, 0.25) is 0 Å². The lowest BCUT2D eigenvalue weighted by molar-refractivity contribution is -0.158. The smallest absolute Gasteiger partial charge is 0.309 e. The second-order valence-corrected chi connectivity index (χ2v) is 3.63. The number of hydrogen-bond acceptors (Lipinski definition) is 3. The van der Waals surface area contributed by atoms with E-state index in [1.807, 2.05) is 0 Å². The third-order valence-electron chi connectivity index (χ3n) is 2.40. The zero-order valence-electron chi connectivity index (χ0n) is 7.41. The highest BCUT2D eigenvalue weighted by Gasteiger charge is 2.35. The van der Waals surface area contributed by atoms with Gasteiger partial charge in [0.05, 0.1) is 5.92 Å². The van der Waals surface area contributed by atoms with Crippen molar-refractivity contribution in [3.8, 4) is 0 Å². The standard InChI is InChI=1S/C9H13NO3/c11-8-7(2-1-5-10-8)13-9(12)6-3-4-6/h6-7H,1-5H2,(H,10,11). The largest absolute Gasteiger partial charge is 0.452 e. The van der Waals surface area contributed by atoms with Crippen LogP contribution in [-0.4, -0.2) is 24.5 Å². The van der Waals surface area contributed by atoms with Crippen LogP contribution in [-0.2, 0) is 14.3 Å². The van der Waals surface area contributed by atoms with Crippen molar-refractivity contribution >= 4 is 11.9 Å². The molecule has 1 saturated heterocycles. The molecule has 0 bridgehead atoms. The van der Waals surface area contributed by atoms with Crippen LogP contribution in [0.25, 0.3) is 0 Å². The average Bonchev–Trinajstić information content (AvgIpc) is 2.91. The average molecular weight is 183 g/mol. The molecular formula is C9H13NO3. The minimum atomic E-state index is -0.526. The summed E-state index contributed by atoms with van der Waals surface area (Å²) in [4.78, 5) is 22.4. The molecule has 1 N–H and O–H groups in total. The molecule has 2 fully saturated rings. The number of esters is 1. The Hall–Kier alpha value is -1.06. The van der Waals surface area contributed by atoms with Crippen LogP contribution in [0.1, 0.15) is 25.7 Å². The lowest BCUT2D eigenvalue weighted by Gasteiger charge is -2.21. The van der Waals surface area contributed by atoms with Crippen molar-refractivity contribution in [2.75, 3.05) is 6.54 Å². The molecule has 0 spiro atoms. The van der Waals surface area contributed by atoms with Gasteiger partial charge >= 0.3 is 5.97 Å². The molecule has 1 aliphatic heterocycles. The Morgan fingerprint density at radius 2 is 2.15 bits per heavy atom. The zero-order valence-corrected chi connectivity index (χ0v) is 7.41. The van der Waals surface area contributed by atoms with E-state index in [-0.39, 0.29) is 17.8 Å².